The van der Waals surface area contributed by atoms with E-state index < -0.39 is 5.97 Å². The van der Waals surface area contributed by atoms with Gasteiger partial charge in [-0.25, -0.2) is 0 Å². The predicted molar refractivity (Wildman–Crippen MR) is 48.5 cm³/mol. The Morgan fingerprint density at radius 2 is 2.00 bits per heavy atom. The van der Waals surface area contributed by atoms with Gasteiger partial charge in [0.05, 0.1) is 13.0 Å². The van der Waals surface area contributed by atoms with Crippen molar-refractivity contribution < 1.29 is 14.6 Å². The fraction of sp³-hybridized carbons (Fsp3) is 0.300. The lowest BCUT2D eigenvalue weighted by atomic mass is 10.1. The maximum Gasteiger partial charge on any atom is 0.307 e. The number of rotatable bonds is 4. The van der Waals surface area contributed by atoms with E-state index in [1.807, 2.05) is 24.3 Å². The molecule has 0 unspecified atom stereocenters. The van der Waals surface area contributed by atoms with Crippen LogP contribution in [0, 0.1) is 0 Å². The molecule has 0 bridgehead atoms. The van der Waals surface area contributed by atoms with Gasteiger partial charge in [0.15, 0.2) is 0 Å². The lowest BCUT2D eigenvalue weighted by Gasteiger charge is -2.05. The molecule has 0 spiro atoms. The molecule has 0 radical (unpaired) electrons. The van der Waals surface area contributed by atoms with Gasteiger partial charge in [-0.05, 0) is 11.1 Å². The molecular weight excluding hydrogens is 168 g/mol. The Bertz CT molecular complexity index is 294. The average Bonchev–Trinajstić information content (AvgIpc) is 2.08. The van der Waals surface area contributed by atoms with Gasteiger partial charge in [0.25, 0.3) is 0 Å². The molecule has 0 aliphatic rings. The average molecular weight is 180 g/mol. The largest absolute Gasteiger partial charge is 0.481 e. The van der Waals surface area contributed by atoms with Crippen molar-refractivity contribution in [3.05, 3.63) is 35.4 Å². The molecule has 0 aliphatic carbocycles. The number of ether oxygens (including phenoxy) is 1. The Labute approximate surface area is 77.0 Å². The van der Waals surface area contributed by atoms with Crippen LogP contribution in [-0.2, 0) is 22.6 Å². The minimum atomic E-state index is -0.816. The standard InChI is InChI=1S/C10H12O3/c1-13-7-9-5-3-2-4-8(9)6-10(11)12/h2-5H,6-7H2,1H3,(H,11,12). The van der Waals surface area contributed by atoms with E-state index in [0.29, 0.717) is 6.61 Å². The van der Waals surface area contributed by atoms with Gasteiger partial charge >= 0.3 is 5.97 Å². The van der Waals surface area contributed by atoms with Crippen molar-refractivity contribution in [2.45, 2.75) is 13.0 Å². The van der Waals surface area contributed by atoms with E-state index in [1.165, 1.54) is 0 Å². The highest BCUT2D eigenvalue weighted by Gasteiger charge is 2.04. The third kappa shape index (κ3) is 2.87. The van der Waals surface area contributed by atoms with E-state index in [1.54, 1.807) is 7.11 Å². The Balaban J connectivity index is 2.84. The number of carboxylic acid groups (broad SMARTS) is 1. The number of carboxylic acids is 1. The molecule has 70 valence electrons. The number of carbonyl (C=O) groups is 1. The van der Waals surface area contributed by atoms with Gasteiger partial charge < -0.3 is 9.84 Å². The van der Waals surface area contributed by atoms with Crippen LogP contribution in [0.3, 0.4) is 0 Å². The molecule has 3 heteroatoms. The highest BCUT2D eigenvalue weighted by atomic mass is 16.5. The summed E-state index contributed by atoms with van der Waals surface area (Å²) in [6.07, 6.45) is 0.0551. The van der Waals surface area contributed by atoms with E-state index in [2.05, 4.69) is 0 Å². The zero-order valence-electron chi connectivity index (χ0n) is 7.49. The summed E-state index contributed by atoms with van der Waals surface area (Å²) in [7, 11) is 1.59. The molecule has 1 rings (SSSR count). The van der Waals surface area contributed by atoms with Crippen molar-refractivity contribution in [3.8, 4) is 0 Å². The molecule has 3 nitrogen and oxygen atoms in total. The summed E-state index contributed by atoms with van der Waals surface area (Å²) in [5, 5.41) is 8.62. The molecule has 1 aromatic carbocycles. The molecule has 1 N–H and O–H groups in total. The third-order valence-electron chi connectivity index (χ3n) is 1.76. The van der Waals surface area contributed by atoms with Crippen molar-refractivity contribution in [1.82, 2.24) is 0 Å². The van der Waals surface area contributed by atoms with Crippen molar-refractivity contribution in [2.24, 2.45) is 0 Å². The molecule has 0 saturated heterocycles. The van der Waals surface area contributed by atoms with E-state index in [9.17, 15) is 4.79 Å². The van der Waals surface area contributed by atoms with E-state index in [0.717, 1.165) is 11.1 Å². The first-order valence-corrected chi connectivity index (χ1v) is 4.01. The molecule has 0 amide bonds. The highest BCUT2D eigenvalue weighted by molar-refractivity contribution is 5.70. The van der Waals surface area contributed by atoms with E-state index in [-0.39, 0.29) is 6.42 Å². The Morgan fingerprint density at radius 3 is 2.54 bits per heavy atom. The van der Waals surface area contributed by atoms with Crippen molar-refractivity contribution in [3.63, 3.8) is 0 Å². The molecule has 13 heavy (non-hydrogen) atoms. The van der Waals surface area contributed by atoms with Gasteiger partial charge in [0, 0.05) is 7.11 Å². The van der Waals surface area contributed by atoms with Crippen LogP contribution < -0.4 is 0 Å². The van der Waals surface area contributed by atoms with Gasteiger partial charge in [0.1, 0.15) is 0 Å². The zero-order chi connectivity index (χ0) is 9.68. The Morgan fingerprint density at radius 1 is 1.38 bits per heavy atom. The second kappa shape index (κ2) is 4.62. The minimum absolute atomic E-state index is 0.0551. The summed E-state index contributed by atoms with van der Waals surface area (Å²) in [5.74, 6) is -0.816. The van der Waals surface area contributed by atoms with Gasteiger partial charge in [-0.1, -0.05) is 24.3 Å². The van der Waals surface area contributed by atoms with Gasteiger partial charge in [-0.2, -0.15) is 0 Å². The molecule has 0 fully saturated rings. The molecule has 0 saturated carbocycles. The topological polar surface area (TPSA) is 46.5 Å². The summed E-state index contributed by atoms with van der Waals surface area (Å²) in [5.41, 5.74) is 1.75. The van der Waals surface area contributed by atoms with Crippen LogP contribution in [0.4, 0.5) is 0 Å². The first-order chi connectivity index (χ1) is 6.24. The van der Waals surface area contributed by atoms with Gasteiger partial charge in [-0.3, -0.25) is 4.79 Å². The molecular formula is C10H12O3. The Hall–Kier alpha value is -1.35. The lowest BCUT2D eigenvalue weighted by Crippen LogP contribution is -2.03. The maximum absolute atomic E-state index is 10.5. The van der Waals surface area contributed by atoms with Crippen LogP contribution in [0.1, 0.15) is 11.1 Å². The van der Waals surface area contributed by atoms with Crippen molar-refractivity contribution in [1.29, 1.82) is 0 Å². The molecule has 0 aromatic heterocycles. The minimum Gasteiger partial charge on any atom is -0.481 e. The van der Waals surface area contributed by atoms with Crippen molar-refractivity contribution in [2.75, 3.05) is 7.11 Å². The van der Waals surface area contributed by atoms with Crippen LogP contribution in [0.5, 0.6) is 0 Å². The monoisotopic (exact) mass is 180 g/mol. The van der Waals surface area contributed by atoms with Crippen LogP contribution in [0.2, 0.25) is 0 Å². The third-order valence-corrected chi connectivity index (χ3v) is 1.76. The summed E-state index contributed by atoms with van der Waals surface area (Å²) < 4.78 is 4.96. The summed E-state index contributed by atoms with van der Waals surface area (Å²) in [6.45, 7) is 0.462. The van der Waals surface area contributed by atoms with Crippen LogP contribution in [-0.4, -0.2) is 18.2 Å². The van der Waals surface area contributed by atoms with E-state index in [4.69, 9.17) is 9.84 Å². The second-order valence-corrected chi connectivity index (χ2v) is 2.77. The first kappa shape index (κ1) is 9.74. The molecule has 0 aliphatic heterocycles. The van der Waals surface area contributed by atoms with E-state index >= 15 is 0 Å². The SMILES string of the molecule is COCc1ccccc1CC(=O)O. The summed E-state index contributed by atoms with van der Waals surface area (Å²) >= 11 is 0. The normalized spacial score (nSPS) is 9.92. The molecule has 0 heterocycles. The van der Waals surface area contributed by atoms with Gasteiger partial charge in [0.2, 0.25) is 0 Å². The lowest BCUT2D eigenvalue weighted by molar-refractivity contribution is -0.136. The fourth-order valence-electron chi connectivity index (χ4n) is 1.19. The first-order valence-electron chi connectivity index (χ1n) is 4.01. The second-order valence-electron chi connectivity index (χ2n) is 2.77. The molecule has 0 atom stereocenters. The highest BCUT2D eigenvalue weighted by Crippen LogP contribution is 2.10. The number of hydrogen-bond acceptors (Lipinski definition) is 2. The molecule has 1 aromatic rings. The quantitative estimate of drug-likeness (QED) is 0.763. The smallest absolute Gasteiger partial charge is 0.307 e. The maximum atomic E-state index is 10.5. The van der Waals surface area contributed by atoms with Crippen LogP contribution >= 0.6 is 0 Å². The Kier molecular flexibility index (Phi) is 3.46. The zero-order valence-corrected chi connectivity index (χ0v) is 7.49. The van der Waals surface area contributed by atoms with Crippen molar-refractivity contribution >= 4 is 5.97 Å². The predicted octanol–water partition coefficient (Wildman–Crippen LogP) is 1.46. The van der Waals surface area contributed by atoms with Gasteiger partial charge in [-0.15, -0.1) is 0 Å². The summed E-state index contributed by atoms with van der Waals surface area (Å²) in [6, 6.07) is 7.39. The number of benzene rings is 1. The number of aliphatic carboxylic acids is 1. The number of hydrogen-bond donors (Lipinski definition) is 1. The summed E-state index contributed by atoms with van der Waals surface area (Å²) in [4.78, 5) is 10.5. The fourth-order valence-corrected chi connectivity index (χ4v) is 1.19. The van der Waals surface area contributed by atoms with Crippen LogP contribution in [0.15, 0.2) is 24.3 Å². The number of methoxy groups -OCH3 is 1. The van der Waals surface area contributed by atoms with Crippen LogP contribution in [0.25, 0.3) is 0 Å².